The van der Waals surface area contributed by atoms with Crippen molar-refractivity contribution in [3.63, 3.8) is 0 Å². The van der Waals surface area contributed by atoms with Crippen molar-refractivity contribution in [1.82, 2.24) is 5.32 Å². The maximum absolute atomic E-state index is 5.42. The van der Waals surface area contributed by atoms with Crippen molar-refractivity contribution in [2.24, 2.45) is 0 Å². The van der Waals surface area contributed by atoms with Crippen LogP contribution in [0.25, 0.3) is 0 Å². The van der Waals surface area contributed by atoms with Crippen LogP contribution in [0.2, 0.25) is 0 Å². The van der Waals surface area contributed by atoms with Gasteiger partial charge in [-0.05, 0) is 32.4 Å². The molecule has 16 heavy (non-hydrogen) atoms. The van der Waals surface area contributed by atoms with E-state index in [9.17, 15) is 0 Å². The Morgan fingerprint density at radius 3 is 2.38 bits per heavy atom. The Kier molecular flexibility index (Phi) is 5.08. The molecular formula is C15H21N. The van der Waals surface area contributed by atoms with Crippen LogP contribution in [0.15, 0.2) is 18.2 Å². The molecule has 86 valence electrons. The Bertz CT molecular complexity index is 353. The van der Waals surface area contributed by atoms with Gasteiger partial charge in [-0.15, -0.1) is 12.3 Å². The van der Waals surface area contributed by atoms with Crippen LogP contribution in [0.5, 0.6) is 0 Å². The number of hydrogen-bond acceptors (Lipinski definition) is 1. The average molecular weight is 215 g/mol. The number of hydrogen-bond donors (Lipinski definition) is 1. The number of rotatable bonds is 5. The lowest BCUT2D eigenvalue weighted by atomic mass is 9.99. The molecule has 0 bridgehead atoms. The first kappa shape index (κ1) is 12.8. The van der Waals surface area contributed by atoms with Gasteiger partial charge < -0.3 is 5.32 Å². The minimum Gasteiger partial charge on any atom is -0.309 e. The van der Waals surface area contributed by atoms with Crippen molar-refractivity contribution in [3.8, 4) is 12.3 Å². The maximum Gasteiger partial charge on any atom is 0.0430 e. The van der Waals surface area contributed by atoms with Crippen LogP contribution >= 0.6 is 0 Å². The van der Waals surface area contributed by atoms with Gasteiger partial charge in [0.2, 0.25) is 0 Å². The van der Waals surface area contributed by atoms with Gasteiger partial charge in [0.05, 0.1) is 0 Å². The van der Waals surface area contributed by atoms with Crippen LogP contribution in [-0.2, 0) is 0 Å². The summed E-state index contributed by atoms with van der Waals surface area (Å²) in [6, 6.07) is 6.93. The molecule has 0 fully saturated rings. The van der Waals surface area contributed by atoms with E-state index in [-0.39, 0.29) is 0 Å². The van der Waals surface area contributed by atoms with Crippen LogP contribution < -0.4 is 5.32 Å². The summed E-state index contributed by atoms with van der Waals surface area (Å²) in [6.45, 7) is 7.44. The summed E-state index contributed by atoms with van der Waals surface area (Å²) in [4.78, 5) is 0. The minimum atomic E-state index is 0.295. The zero-order valence-electron chi connectivity index (χ0n) is 10.5. The van der Waals surface area contributed by atoms with E-state index in [1.165, 1.54) is 16.7 Å². The molecule has 1 N–H and O–H groups in total. The minimum absolute atomic E-state index is 0.295. The summed E-state index contributed by atoms with van der Waals surface area (Å²) in [6.07, 6.45) is 7.31. The number of nitrogens with one attached hydrogen (secondary N) is 1. The third-order valence-electron chi connectivity index (χ3n) is 2.61. The van der Waals surface area contributed by atoms with Gasteiger partial charge in [0, 0.05) is 12.5 Å². The van der Waals surface area contributed by atoms with Gasteiger partial charge in [-0.2, -0.15) is 0 Å². The van der Waals surface area contributed by atoms with E-state index < -0.39 is 0 Å². The molecular weight excluding hydrogens is 194 g/mol. The average Bonchev–Trinajstić information content (AvgIpc) is 2.22. The lowest BCUT2D eigenvalue weighted by Gasteiger charge is -2.17. The quantitative estimate of drug-likeness (QED) is 0.743. The van der Waals surface area contributed by atoms with Crippen LogP contribution in [0.4, 0.5) is 0 Å². The molecule has 0 amide bonds. The Morgan fingerprint density at radius 2 is 1.88 bits per heavy atom. The van der Waals surface area contributed by atoms with Crippen LogP contribution in [0.1, 0.15) is 42.5 Å². The molecule has 1 aromatic rings. The second-order valence-electron chi connectivity index (χ2n) is 4.34. The van der Waals surface area contributed by atoms with E-state index in [2.05, 4.69) is 50.2 Å². The van der Waals surface area contributed by atoms with E-state index >= 15 is 0 Å². The Balaban J connectivity index is 2.87. The smallest absolute Gasteiger partial charge is 0.0430 e. The van der Waals surface area contributed by atoms with Gasteiger partial charge in [-0.25, -0.2) is 0 Å². The summed E-state index contributed by atoms with van der Waals surface area (Å²) in [5, 5.41) is 3.50. The third kappa shape index (κ3) is 3.72. The summed E-state index contributed by atoms with van der Waals surface area (Å²) in [5.74, 6) is 2.75. The van der Waals surface area contributed by atoms with E-state index in [1.54, 1.807) is 0 Å². The van der Waals surface area contributed by atoms with Crippen LogP contribution in [-0.4, -0.2) is 6.54 Å². The molecule has 0 spiro atoms. The maximum atomic E-state index is 5.42. The lowest BCUT2D eigenvalue weighted by Crippen LogP contribution is -2.21. The van der Waals surface area contributed by atoms with Gasteiger partial charge in [0.25, 0.3) is 0 Å². The normalized spacial score (nSPS) is 12.1. The second-order valence-corrected chi connectivity index (χ2v) is 4.34. The fourth-order valence-electron chi connectivity index (χ4n) is 1.96. The van der Waals surface area contributed by atoms with E-state index in [4.69, 9.17) is 6.42 Å². The van der Waals surface area contributed by atoms with Crippen molar-refractivity contribution in [1.29, 1.82) is 0 Å². The molecule has 0 aromatic heterocycles. The van der Waals surface area contributed by atoms with Gasteiger partial charge in [0.1, 0.15) is 0 Å². The highest BCUT2D eigenvalue weighted by Gasteiger charge is 2.09. The molecule has 0 aliphatic heterocycles. The van der Waals surface area contributed by atoms with Gasteiger partial charge >= 0.3 is 0 Å². The molecule has 0 aliphatic rings. The fourth-order valence-corrected chi connectivity index (χ4v) is 1.96. The second kappa shape index (κ2) is 6.35. The van der Waals surface area contributed by atoms with E-state index in [1.807, 2.05) is 0 Å². The van der Waals surface area contributed by atoms with Crippen LogP contribution in [0.3, 0.4) is 0 Å². The lowest BCUT2D eigenvalue weighted by molar-refractivity contribution is 0.542. The zero-order chi connectivity index (χ0) is 12.0. The first-order valence-electron chi connectivity index (χ1n) is 5.92. The monoisotopic (exact) mass is 215 g/mol. The third-order valence-corrected chi connectivity index (χ3v) is 2.61. The molecule has 1 unspecified atom stereocenters. The number of aryl methyl sites for hydroxylation is 2. The van der Waals surface area contributed by atoms with Crippen LogP contribution in [0, 0.1) is 26.2 Å². The molecule has 1 atom stereocenters. The van der Waals surface area contributed by atoms with Crippen molar-refractivity contribution in [2.75, 3.05) is 6.54 Å². The highest BCUT2D eigenvalue weighted by atomic mass is 14.9. The summed E-state index contributed by atoms with van der Waals surface area (Å²) >= 11 is 0. The fraction of sp³-hybridized carbons (Fsp3) is 0.467. The van der Waals surface area contributed by atoms with E-state index in [0.29, 0.717) is 6.04 Å². The molecule has 0 aliphatic carbocycles. The predicted octanol–water partition coefficient (Wildman–Crippen LogP) is 3.37. The largest absolute Gasteiger partial charge is 0.309 e. The highest BCUT2D eigenvalue weighted by Crippen LogP contribution is 2.19. The molecule has 0 heterocycles. The van der Waals surface area contributed by atoms with Crippen molar-refractivity contribution in [2.45, 2.75) is 39.7 Å². The van der Waals surface area contributed by atoms with Crippen molar-refractivity contribution >= 4 is 0 Å². The SMILES string of the molecule is C#CCC(NCCC)c1cc(C)cc(C)c1. The first-order chi connectivity index (χ1) is 7.67. The summed E-state index contributed by atoms with van der Waals surface area (Å²) in [5.41, 5.74) is 3.91. The summed E-state index contributed by atoms with van der Waals surface area (Å²) < 4.78 is 0. The van der Waals surface area contributed by atoms with Gasteiger partial charge in [0.15, 0.2) is 0 Å². The molecule has 0 saturated carbocycles. The Labute approximate surface area is 99.3 Å². The standard InChI is InChI=1S/C15H21N/c1-5-7-15(16-8-6-2)14-10-12(3)9-13(4)11-14/h1,9-11,15-16H,6-8H2,2-4H3. The predicted molar refractivity (Wildman–Crippen MR) is 70.4 cm³/mol. The summed E-state index contributed by atoms with van der Waals surface area (Å²) in [7, 11) is 0. The molecule has 1 heteroatoms. The molecule has 1 aromatic carbocycles. The Morgan fingerprint density at radius 1 is 1.25 bits per heavy atom. The van der Waals surface area contributed by atoms with Crippen molar-refractivity contribution in [3.05, 3.63) is 34.9 Å². The molecule has 0 radical (unpaired) electrons. The number of terminal acetylenes is 1. The highest BCUT2D eigenvalue weighted by molar-refractivity contribution is 5.31. The molecule has 0 saturated heterocycles. The van der Waals surface area contributed by atoms with Gasteiger partial charge in [-0.3, -0.25) is 0 Å². The first-order valence-corrected chi connectivity index (χ1v) is 5.92. The van der Waals surface area contributed by atoms with Crippen molar-refractivity contribution < 1.29 is 0 Å². The number of benzene rings is 1. The Hall–Kier alpha value is -1.26. The van der Waals surface area contributed by atoms with E-state index in [0.717, 1.165) is 19.4 Å². The molecule has 1 nitrogen and oxygen atoms in total. The zero-order valence-corrected chi connectivity index (χ0v) is 10.5. The topological polar surface area (TPSA) is 12.0 Å². The molecule has 1 rings (SSSR count). The van der Waals surface area contributed by atoms with Gasteiger partial charge in [-0.1, -0.05) is 36.2 Å².